The Labute approximate surface area is 410 Å². The van der Waals surface area contributed by atoms with Crippen molar-refractivity contribution in [2.24, 2.45) is 10.9 Å². The molecule has 374 valence electrons. The van der Waals surface area contributed by atoms with Crippen molar-refractivity contribution < 1.29 is 33.4 Å². The molecule has 0 aliphatic carbocycles. The smallest absolute Gasteiger partial charge is 0.407 e. The fourth-order valence-electron chi connectivity index (χ4n) is 9.89. The molecule has 6 unspecified atom stereocenters. The number of alkyl carbamates (subject to hydrolysis) is 2. The number of methoxy groups -OCH3 is 3. The third kappa shape index (κ3) is 12.2. The van der Waals surface area contributed by atoms with E-state index >= 15 is 0 Å². The number of fused-ring (bicyclic) bond motifs is 1. The zero-order chi connectivity index (χ0) is 50.5. The van der Waals surface area contributed by atoms with E-state index in [1.807, 2.05) is 30.6 Å². The van der Waals surface area contributed by atoms with Gasteiger partial charge in [-0.05, 0) is 110 Å². The highest BCUT2D eigenvalue weighted by Crippen LogP contribution is 2.40. The van der Waals surface area contributed by atoms with Gasteiger partial charge in [0.2, 0.25) is 11.8 Å². The summed E-state index contributed by atoms with van der Waals surface area (Å²) in [6.07, 6.45) is 1.19. The van der Waals surface area contributed by atoms with E-state index in [2.05, 4.69) is 129 Å². The second kappa shape index (κ2) is 21.9. The minimum atomic E-state index is -1.87. The summed E-state index contributed by atoms with van der Waals surface area (Å²) >= 11 is 0. The van der Waals surface area contributed by atoms with E-state index in [0.717, 1.165) is 75.9 Å². The highest BCUT2D eigenvalue weighted by molar-refractivity contribution is 6.78. The molecule has 0 bridgehead atoms. The number of aromatic nitrogens is 2. The molecule has 2 aliphatic heterocycles. The number of rotatable bonds is 16. The predicted octanol–water partition coefficient (Wildman–Crippen LogP) is 9.68. The van der Waals surface area contributed by atoms with Crippen molar-refractivity contribution in [3.8, 4) is 0 Å². The number of carbonyl (C=O) groups excluding carboxylic acids is 4. The van der Waals surface area contributed by atoms with Crippen molar-refractivity contribution in [3.05, 3.63) is 88.7 Å². The third-order valence-electron chi connectivity index (χ3n) is 14.0. The maximum absolute atomic E-state index is 14.3. The Hall–Kier alpha value is -5.74. The van der Waals surface area contributed by atoms with Gasteiger partial charge in [-0.1, -0.05) is 85.0 Å². The average molecular weight is 965 g/mol. The van der Waals surface area contributed by atoms with Crippen LogP contribution >= 0.6 is 0 Å². The molecule has 0 radical (unpaired) electrons. The Morgan fingerprint density at radius 2 is 1.57 bits per heavy atom. The van der Waals surface area contributed by atoms with Crippen molar-refractivity contribution in [1.29, 1.82) is 0 Å². The summed E-state index contributed by atoms with van der Waals surface area (Å²) in [5.41, 5.74) is 9.01. The van der Waals surface area contributed by atoms with Gasteiger partial charge in [0.25, 0.3) is 0 Å². The molecule has 3 N–H and O–H groups in total. The lowest BCUT2D eigenvalue weighted by atomic mass is 9.87. The van der Waals surface area contributed by atoms with E-state index in [-0.39, 0.29) is 41.3 Å². The Morgan fingerprint density at radius 1 is 0.913 bits per heavy atom. The van der Waals surface area contributed by atoms with Crippen molar-refractivity contribution in [2.45, 2.75) is 149 Å². The lowest BCUT2D eigenvalue weighted by molar-refractivity contribution is -0.137. The number of hydrogen-bond donors (Lipinski definition) is 3. The van der Waals surface area contributed by atoms with Crippen molar-refractivity contribution in [2.75, 3.05) is 38.9 Å². The summed E-state index contributed by atoms with van der Waals surface area (Å²) < 4.78 is 15.3. The number of likely N-dealkylation sites (tertiary alicyclic amines) is 1. The molecule has 6 atom stereocenters. The first-order chi connectivity index (χ1) is 32.6. The summed E-state index contributed by atoms with van der Waals surface area (Å²) in [7, 11) is 2.24. The van der Waals surface area contributed by atoms with Crippen molar-refractivity contribution in [1.82, 2.24) is 30.4 Å². The molecule has 15 nitrogen and oxygen atoms in total. The molecular formula is C53H76N8O7Si. The molecule has 16 heteroatoms. The number of H-pyrrole nitrogens is 1. The third-order valence-corrected chi connectivity index (χ3v) is 16.6. The molecule has 6 rings (SSSR count). The van der Waals surface area contributed by atoms with Gasteiger partial charge in [0.15, 0.2) is 0 Å². The highest BCUT2D eigenvalue weighted by Gasteiger charge is 2.46. The predicted molar refractivity (Wildman–Crippen MR) is 276 cm³/mol. The van der Waals surface area contributed by atoms with Crippen molar-refractivity contribution in [3.63, 3.8) is 0 Å². The van der Waals surface area contributed by atoms with Crippen LogP contribution in [0.15, 0.2) is 65.7 Å². The molecule has 4 aromatic rings. The summed E-state index contributed by atoms with van der Waals surface area (Å²) in [5, 5.41) is 5.46. The van der Waals surface area contributed by atoms with Gasteiger partial charge >= 0.3 is 12.2 Å². The maximum Gasteiger partial charge on any atom is 0.407 e. The summed E-state index contributed by atoms with van der Waals surface area (Å²) in [6, 6.07) is 20.5. The fourth-order valence-corrected chi connectivity index (χ4v) is 12.8. The van der Waals surface area contributed by atoms with E-state index in [9.17, 15) is 19.2 Å². The molecule has 69 heavy (non-hydrogen) atoms. The SMILES string of the molecule is CCC(c1ccc(C)c(N=C(C)C2CCCN2C(=O)C(NC(=O)OC)C(C)C)c1)N(Cc1ccc2nc(C3C[Si](C)(C)CN3C(=O)C(NC(=O)OC)C(C)OC)[nH]c2c1)c1ccc(C(C)(C)C)cc1. The summed E-state index contributed by atoms with van der Waals surface area (Å²) in [5.74, 6) is 0.252. The van der Waals surface area contributed by atoms with E-state index < -0.39 is 38.4 Å². The van der Waals surface area contributed by atoms with E-state index in [0.29, 0.717) is 19.3 Å². The normalized spacial score (nSPS) is 19.0. The standard InChI is InChI=1S/C53H76N8O7Si/c1-15-43(37-20-18-33(4)41(28-37)54-34(5)44-17-16-26-59(44)49(62)46(32(2)3)57-51(64)67-11)60(39-23-21-38(22-24-39)53(7,8)9)29-36-19-25-40-42(27-36)56-48(55-40)45-30-69(13,14)31-61(45)50(63)47(35(6)66-10)58-52(65)68-12/h18-25,27-28,32,35,43-47H,15-17,26,29-31H2,1-14H3,(H,55,56)(H,57,64)(H,58,65). The number of aryl methyl sites for hydroxylation is 1. The van der Waals surface area contributed by atoms with Crippen LogP contribution in [0.2, 0.25) is 19.1 Å². The topological polar surface area (TPSA) is 171 Å². The van der Waals surface area contributed by atoms with Crippen LogP contribution in [0.4, 0.5) is 21.0 Å². The molecule has 3 aromatic carbocycles. The number of ether oxygens (including phenoxy) is 3. The second-order valence-electron chi connectivity index (χ2n) is 21.1. The number of benzene rings is 3. The number of carbonyl (C=O) groups is 4. The summed E-state index contributed by atoms with van der Waals surface area (Å²) in [4.78, 5) is 72.9. The van der Waals surface area contributed by atoms with Crippen LogP contribution < -0.4 is 15.5 Å². The quantitative estimate of drug-likeness (QED) is 0.0731. The van der Waals surface area contributed by atoms with Crippen LogP contribution in [-0.4, -0.2) is 116 Å². The lowest BCUT2D eigenvalue weighted by Gasteiger charge is -2.35. The van der Waals surface area contributed by atoms with Gasteiger partial charge in [-0.15, -0.1) is 0 Å². The Morgan fingerprint density at radius 3 is 2.17 bits per heavy atom. The monoisotopic (exact) mass is 965 g/mol. The number of hydrogen-bond acceptors (Lipinski definition) is 10. The molecule has 1 aromatic heterocycles. The van der Waals surface area contributed by atoms with Gasteiger partial charge in [0, 0.05) is 37.8 Å². The lowest BCUT2D eigenvalue weighted by Crippen LogP contribution is -2.54. The van der Waals surface area contributed by atoms with Gasteiger partial charge in [-0.3, -0.25) is 14.6 Å². The number of anilines is 1. The van der Waals surface area contributed by atoms with Crippen LogP contribution in [-0.2, 0) is 35.8 Å². The molecular weight excluding hydrogens is 889 g/mol. The van der Waals surface area contributed by atoms with E-state index in [4.69, 9.17) is 24.2 Å². The first kappa shape index (κ1) is 52.6. The summed E-state index contributed by atoms with van der Waals surface area (Å²) in [6.45, 7) is 24.3. The van der Waals surface area contributed by atoms with Gasteiger partial charge in [-0.2, -0.15) is 0 Å². The Kier molecular flexibility index (Phi) is 16.7. The molecule has 4 amide bonds. The average Bonchev–Trinajstić information content (AvgIpc) is 4.06. The number of aliphatic imine (C=N–C) groups is 1. The van der Waals surface area contributed by atoms with E-state index in [1.54, 1.807) is 6.92 Å². The molecule has 3 heterocycles. The molecule has 0 saturated carbocycles. The van der Waals surface area contributed by atoms with Gasteiger partial charge in [0.05, 0.1) is 63.2 Å². The molecule has 0 spiro atoms. The number of amides is 4. The molecule has 2 fully saturated rings. The Bertz CT molecular complexity index is 2500. The largest absolute Gasteiger partial charge is 0.453 e. The van der Waals surface area contributed by atoms with Crippen LogP contribution in [0.25, 0.3) is 11.0 Å². The number of imidazole rings is 1. The minimum Gasteiger partial charge on any atom is -0.453 e. The first-order valence-electron chi connectivity index (χ1n) is 24.4. The van der Waals surface area contributed by atoms with E-state index in [1.165, 1.54) is 26.9 Å². The second-order valence-corrected chi connectivity index (χ2v) is 26.1. The zero-order valence-corrected chi connectivity index (χ0v) is 44.4. The first-order valence-corrected chi connectivity index (χ1v) is 27.8. The highest BCUT2D eigenvalue weighted by atomic mass is 28.3. The van der Waals surface area contributed by atoms with Gasteiger partial charge in [-0.25, -0.2) is 14.6 Å². The Balaban J connectivity index is 1.33. The number of nitrogens with zero attached hydrogens (tertiary/aromatic N) is 5. The van der Waals surface area contributed by atoms with Crippen molar-refractivity contribution >= 4 is 60.2 Å². The van der Waals surface area contributed by atoms with Crippen LogP contribution in [0.1, 0.15) is 115 Å². The van der Waals surface area contributed by atoms with Crippen LogP contribution in [0, 0.1) is 12.8 Å². The zero-order valence-electron chi connectivity index (χ0n) is 43.4. The van der Waals surface area contributed by atoms with Gasteiger partial charge in [0.1, 0.15) is 17.9 Å². The van der Waals surface area contributed by atoms with Crippen LogP contribution in [0.3, 0.4) is 0 Å². The van der Waals surface area contributed by atoms with Crippen LogP contribution in [0.5, 0.6) is 0 Å². The number of aromatic amines is 1. The molecule has 2 saturated heterocycles. The fraction of sp³-hybridized carbons (Fsp3) is 0.547. The minimum absolute atomic E-state index is 0.0102. The molecule has 2 aliphatic rings. The maximum atomic E-state index is 14.3. The van der Waals surface area contributed by atoms with Gasteiger partial charge < -0.3 is 44.5 Å². The number of nitrogens with one attached hydrogen (secondary N) is 3.